The van der Waals surface area contributed by atoms with Gasteiger partial charge in [0.1, 0.15) is 11.6 Å². The Morgan fingerprint density at radius 2 is 2.24 bits per heavy atom. The number of carbonyl (C=O) groups is 1. The fourth-order valence-corrected chi connectivity index (χ4v) is 2.11. The topological polar surface area (TPSA) is 76.1 Å². The maximum absolute atomic E-state index is 11.6. The van der Waals surface area contributed by atoms with Crippen LogP contribution >= 0.6 is 0 Å². The monoisotopic (exact) mass is 284 g/mol. The fourth-order valence-electron chi connectivity index (χ4n) is 2.11. The Bertz CT molecular complexity index is 687. The van der Waals surface area contributed by atoms with Crippen molar-refractivity contribution in [2.24, 2.45) is 0 Å². The number of carbonyl (C=O) groups excluding carboxylic acids is 1. The standard InChI is InChI=1S/C15H16N4O2/c1-9-15(20)19-13-7-11(3-4-14(13)21-9)17-8-12-5-6-16-10(2)18-12/h3-7,9,17H,8H2,1-2H3,(H,19,20). The number of nitrogens with one attached hydrogen (secondary N) is 2. The molecule has 0 radical (unpaired) electrons. The van der Waals surface area contributed by atoms with Gasteiger partial charge in [-0.3, -0.25) is 4.79 Å². The van der Waals surface area contributed by atoms with E-state index < -0.39 is 6.10 Å². The maximum atomic E-state index is 11.6. The molecule has 1 aliphatic rings. The molecule has 1 unspecified atom stereocenters. The molecule has 2 N–H and O–H groups in total. The number of nitrogens with zero attached hydrogens (tertiary/aromatic N) is 2. The molecule has 0 fully saturated rings. The molecule has 6 heteroatoms. The third-order valence-corrected chi connectivity index (χ3v) is 3.22. The molecule has 6 nitrogen and oxygen atoms in total. The van der Waals surface area contributed by atoms with Crippen LogP contribution in [0, 0.1) is 6.92 Å². The average Bonchev–Trinajstić information content (AvgIpc) is 2.46. The molecule has 1 aliphatic heterocycles. The van der Waals surface area contributed by atoms with Crippen LogP contribution < -0.4 is 15.4 Å². The molecule has 1 aromatic carbocycles. The zero-order valence-corrected chi connectivity index (χ0v) is 11.9. The Morgan fingerprint density at radius 3 is 3.05 bits per heavy atom. The van der Waals surface area contributed by atoms with Crippen molar-refractivity contribution in [1.29, 1.82) is 0 Å². The maximum Gasteiger partial charge on any atom is 0.265 e. The van der Waals surface area contributed by atoms with Crippen molar-refractivity contribution in [2.45, 2.75) is 26.5 Å². The van der Waals surface area contributed by atoms with Crippen LogP contribution in [0.2, 0.25) is 0 Å². The highest BCUT2D eigenvalue weighted by atomic mass is 16.5. The molecule has 2 heterocycles. The van der Waals surface area contributed by atoms with Gasteiger partial charge in [-0.1, -0.05) is 0 Å². The van der Waals surface area contributed by atoms with Crippen LogP contribution in [0.1, 0.15) is 18.4 Å². The zero-order chi connectivity index (χ0) is 14.8. The van der Waals surface area contributed by atoms with Gasteiger partial charge in [-0.25, -0.2) is 9.97 Å². The molecule has 0 bridgehead atoms. The lowest BCUT2D eigenvalue weighted by Gasteiger charge is -2.23. The summed E-state index contributed by atoms with van der Waals surface area (Å²) in [7, 11) is 0. The summed E-state index contributed by atoms with van der Waals surface area (Å²) in [4.78, 5) is 20.0. The van der Waals surface area contributed by atoms with Crippen molar-refractivity contribution in [2.75, 3.05) is 10.6 Å². The molecule has 3 rings (SSSR count). The van der Waals surface area contributed by atoms with Crippen molar-refractivity contribution in [3.8, 4) is 5.75 Å². The summed E-state index contributed by atoms with van der Waals surface area (Å²) < 4.78 is 5.52. The van der Waals surface area contributed by atoms with Gasteiger partial charge in [-0.15, -0.1) is 0 Å². The lowest BCUT2D eigenvalue weighted by molar-refractivity contribution is -0.122. The van der Waals surface area contributed by atoms with Gasteiger partial charge in [0.2, 0.25) is 0 Å². The molecule has 1 aromatic heterocycles. The average molecular weight is 284 g/mol. The van der Waals surface area contributed by atoms with Crippen LogP contribution in [0.3, 0.4) is 0 Å². The quantitative estimate of drug-likeness (QED) is 0.903. The predicted molar refractivity (Wildman–Crippen MR) is 79.3 cm³/mol. The molecule has 21 heavy (non-hydrogen) atoms. The Morgan fingerprint density at radius 1 is 1.38 bits per heavy atom. The molecule has 0 aliphatic carbocycles. The summed E-state index contributed by atoms with van der Waals surface area (Å²) >= 11 is 0. The largest absolute Gasteiger partial charge is 0.479 e. The van der Waals surface area contributed by atoms with Crippen molar-refractivity contribution >= 4 is 17.3 Å². The van der Waals surface area contributed by atoms with Gasteiger partial charge in [0.05, 0.1) is 17.9 Å². The molecule has 0 saturated heterocycles. The van der Waals surface area contributed by atoms with Gasteiger partial charge >= 0.3 is 0 Å². The Balaban J connectivity index is 1.73. The second-order valence-corrected chi connectivity index (χ2v) is 4.91. The van der Waals surface area contributed by atoms with Crippen LogP contribution in [0.4, 0.5) is 11.4 Å². The minimum atomic E-state index is -0.458. The molecule has 108 valence electrons. The van der Waals surface area contributed by atoms with E-state index in [0.717, 1.165) is 17.2 Å². The normalized spacial score (nSPS) is 16.7. The number of anilines is 2. The highest BCUT2D eigenvalue weighted by Crippen LogP contribution is 2.32. The summed E-state index contributed by atoms with van der Waals surface area (Å²) in [5, 5.41) is 6.09. The molecule has 0 spiro atoms. The number of aryl methyl sites for hydroxylation is 1. The van der Waals surface area contributed by atoms with Crippen LogP contribution in [0.5, 0.6) is 5.75 Å². The minimum Gasteiger partial charge on any atom is -0.479 e. The number of amides is 1. The SMILES string of the molecule is Cc1nccc(CNc2ccc3c(c2)NC(=O)C(C)O3)n1. The Labute approximate surface area is 122 Å². The van der Waals surface area contributed by atoms with Gasteiger partial charge in [0.15, 0.2) is 6.10 Å². The van der Waals surface area contributed by atoms with E-state index >= 15 is 0 Å². The van der Waals surface area contributed by atoms with Crippen molar-refractivity contribution in [3.63, 3.8) is 0 Å². The zero-order valence-electron chi connectivity index (χ0n) is 11.9. The smallest absolute Gasteiger partial charge is 0.265 e. The van der Waals surface area contributed by atoms with Crippen molar-refractivity contribution in [1.82, 2.24) is 9.97 Å². The molecular formula is C15H16N4O2. The number of ether oxygens (including phenoxy) is 1. The van der Waals surface area contributed by atoms with Gasteiger partial charge < -0.3 is 15.4 Å². The Hall–Kier alpha value is -2.63. The summed E-state index contributed by atoms with van der Waals surface area (Å²) in [6.07, 6.45) is 1.28. The van der Waals surface area contributed by atoms with Crippen molar-refractivity contribution in [3.05, 3.63) is 42.0 Å². The number of hydrogen-bond acceptors (Lipinski definition) is 5. The molecule has 0 saturated carbocycles. The first-order valence-corrected chi connectivity index (χ1v) is 6.76. The minimum absolute atomic E-state index is 0.133. The second kappa shape index (κ2) is 5.40. The Kier molecular flexibility index (Phi) is 3.43. The van der Waals surface area contributed by atoms with Crippen LogP contribution in [0.15, 0.2) is 30.5 Å². The predicted octanol–water partition coefficient (Wildman–Crippen LogP) is 2.12. The molecule has 1 atom stereocenters. The number of aromatic nitrogens is 2. The van der Waals surface area contributed by atoms with Gasteiger partial charge in [-0.05, 0) is 38.1 Å². The molecule has 2 aromatic rings. The van der Waals surface area contributed by atoms with E-state index in [0.29, 0.717) is 18.0 Å². The summed E-state index contributed by atoms with van der Waals surface area (Å²) in [5.74, 6) is 1.30. The number of fused-ring (bicyclic) bond motifs is 1. The van der Waals surface area contributed by atoms with Crippen LogP contribution in [-0.2, 0) is 11.3 Å². The van der Waals surface area contributed by atoms with Crippen molar-refractivity contribution < 1.29 is 9.53 Å². The summed E-state index contributed by atoms with van der Waals surface area (Å²) in [6, 6.07) is 7.48. The van der Waals surface area contributed by atoms with E-state index in [1.807, 2.05) is 31.2 Å². The van der Waals surface area contributed by atoms with E-state index in [-0.39, 0.29) is 5.91 Å². The van der Waals surface area contributed by atoms with E-state index in [4.69, 9.17) is 4.74 Å². The number of hydrogen-bond donors (Lipinski definition) is 2. The lowest BCUT2D eigenvalue weighted by atomic mass is 10.2. The third kappa shape index (κ3) is 2.94. The molecule has 1 amide bonds. The number of benzene rings is 1. The van der Waals surface area contributed by atoms with Gasteiger partial charge in [-0.2, -0.15) is 0 Å². The van der Waals surface area contributed by atoms with Gasteiger partial charge in [0, 0.05) is 11.9 Å². The fraction of sp³-hybridized carbons (Fsp3) is 0.267. The third-order valence-electron chi connectivity index (χ3n) is 3.22. The highest BCUT2D eigenvalue weighted by Gasteiger charge is 2.23. The summed E-state index contributed by atoms with van der Waals surface area (Å²) in [5.41, 5.74) is 2.49. The second-order valence-electron chi connectivity index (χ2n) is 4.91. The first-order chi connectivity index (χ1) is 10.1. The van der Waals surface area contributed by atoms with E-state index in [9.17, 15) is 4.79 Å². The van der Waals surface area contributed by atoms with E-state index in [1.165, 1.54) is 0 Å². The molecular weight excluding hydrogens is 268 g/mol. The van der Waals surface area contributed by atoms with E-state index in [1.54, 1.807) is 13.1 Å². The van der Waals surface area contributed by atoms with Crippen LogP contribution in [-0.4, -0.2) is 22.0 Å². The summed E-state index contributed by atoms with van der Waals surface area (Å²) in [6.45, 7) is 4.17. The van der Waals surface area contributed by atoms with E-state index in [2.05, 4.69) is 20.6 Å². The van der Waals surface area contributed by atoms with Crippen LogP contribution in [0.25, 0.3) is 0 Å². The highest BCUT2D eigenvalue weighted by molar-refractivity contribution is 5.98. The number of rotatable bonds is 3. The first kappa shape index (κ1) is 13.4. The first-order valence-electron chi connectivity index (χ1n) is 6.76. The lowest BCUT2D eigenvalue weighted by Crippen LogP contribution is -2.34. The van der Waals surface area contributed by atoms with Gasteiger partial charge in [0.25, 0.3) is 5.91 Å².